The number of furan rings is 1. The number of rotatable bonds is 1. The van der Waals surface area contributed by atoms with Crippen molar-refractivity contribution in [2.75, 3.05) is 13.1 Å². The number of hydrogen-bond acceptors (Lipinski definition) is 4. The molecule has 1 aromatic carbocycles. The van der Waals surface area contributed by atoms with Gasteiger partial charge in [0.2, 0.25) is 0 Å². The first-order valence-corrected chi connectivity index (χ1v) is 11.2. The Kier molecular flexibility index (Phi) is 4.64. The summed E-state index contributed by atoms with van der Waals surface area (Å²) in [7, 11) is 0. The van der Waals surface area contributed by atoms with Gasteiger partial charge in [-0.2, -0.15) is 0 Å². The van der Waals surface area contributed by atoms with Gasteiger partial charge < -0.3 is 14.1 Å². The molecule has 29 heavy (non-hydrogen) atoms. The lowest BCUT2D eigenvalue weighted by molar-refractivity contribution is 0.0301. The van der Waals surface area contributed by atoms with E-state index in [9.17, 15) is 9.59 Å². The molecular weight excluding hydrogens is 366 g/mol. The minimum atomic E-state index is -0.349. The number of hydrogen-bond donors (Lipinski definition) is 0. The number of benzene rings is 1. The molecule has 0 atom stereocenters. The molecule has 3 heterocycles. The van der Waals surface area contributed by atoms with Gasteiger partial charge in [0, 0.05) is 24.0 Å². The van der Waals surface area contributed by atoms with Crippen molar-refractivity contribution in [3.63, 3.8) is 0 Å². The van der Waals surface area contributed by atoms with Crippen LogP contribution in [0.3, 0.4) is 0 Å². The quantitative estimate of drug-likeness (QED) is 0.646. The summed E-state index contributed by atoms with van der Waals surface area (Å²) in [5.41, 5.74) is 1.63. The van der Waals surface area contributed by atoms with Gasteiger partial charge in [-0.05, 0) is 64.0 Å². The summed E-state index contributed by atoms with van der Waals surface area (Å²) < 4.78 is 12.5. The van der Waals surface area contributed by atoms with Crippen molar-refractivity contribution in [3.05, 3.63) is 29.0 Å². The number of amides is 1. The summed E-state index contributed by atoms with van der Waals surface area (Å²) in [6.45, 7) is 3.45. The van der Waals surface area contributed by atoms with Gasteiger partial charge in [-0.25, -0.2) is 0 Å². The normalized spacial score (nSPS) is 21.7. The van der Waals surface area contributed by atoms with Gasteiger partial charge in [-0.1, -0.05) is 12.8 Å². The Bertz CT molecular complexity index is 959. The molecule has 0 unspecified atom stereocenters. The Morgan fingerprint density at radius 3 is 2.41 bits per heavy atom. The number of Topliss-reactive ketones (excluding diaryl/α,β-unsaturated/α-hetero) is 1. The first-order chi connectivity index (χ1) is 14.1. The molecule has 1 aromatic heterocycles. The maximum atomic E-state index is 13.3. The van der Waals surface area contributed by atoms with Crippen LogP contribution in [-0.2, 0) is 0 Å². The van der Waals surface area contributed by atoms with E-state index in [-0.39, 0.29) is 17.3 Å². The number of nitrogens with zero attached hydrogens (tertiary/aromatic N) is 1. The maximum Gasteiger partial charge on any atom is 0.289 e. The molecule has 0 radical (unpaired) electrons. The third-order valence-electron chi connectivity index (χ3n) is 7.00. The molecule has 5 rings (SSSR count). The van der Waals surface area contributed by atoms with E-state index in [0.717, 1.165) is 62.6 Å². The second-order valence-corrected chi connectivity index (χ2v) is 9.02. The van der Waals surface area contributed by atoms with Crippen LogP contribution in [0.15, 0.2) is 16.5 Å². The molecule has 2 aromatic rings. The van der Waals surface area contributed by atoms with Crippen molar-refractivity contribution in [2.45, 2.75) is 76.7 Å². The number of ether oxygens (including phenoxy) is 1. The van der Waals surface area contributed by atoms with Gasteiger partial charge in [-0.15, -0.1) is 0 Å². The molecular formula is C24H29NO4. The van der Waals surface area contributed by atoms with Crippen LogP contribution in [0.4, 0.5) is 0 Å². The van der Waals surface area contributed by atoms with Crippen LogP contribution >= 0.6 is 0 Å². The van der Waals surface area contributed by atoms with Crippen LogP contribution in [0.5, 0.6) is 5.75 Å². The molecule has 2 fully saturated rings. The lowest BCUT2D eigenvalue weighted by atomic mass is 9.83. The zero-order chi connectivity index (χ0) is 20.0. The van der Waals surface area contributed by atoms with E-state index in [4.69, 9.17) is 9.15 Å². The van der Waals surface area contributed by atoms with Crippen molar-refractivity contribution in [3.8, 4) is 5.75 Å². The van der Waals surface area contributed by atoms with E-state index in [0.29, 0.717) is 29.1 Å². The van der Waals surface area contributed by atoms with E-state index in [2.05, 4.69) is 0 Å². The second kappa shape index (κ2) is 7.19. The highest BCUT2D eigenvalue weighted by molar-refractivity contribution is 6.13. The van der Waals surface area contributed by atoms with E-state index in [1.165, 1.54) is 19.3 Å². The van der Waals surface area contributed by atoms with Crippen LogP contribution < -0.4 is 4.74 Å². The lowest BCUT2D eigenvalue weighted by Crippen LogP contribution is -2.41. The zero-order valence-electron chi connectivity index (χ0n) is 17.2. The van der Waals surface area contributed by atoms with Gasteiger partial charge in [0.1, 0.15) is 16.9 Å². The Balaban J connectivity index is 1.55. The average Bonchev–Trinajstić information content (AvgIpc) is 2.91. The maximum absolute atomic E-state index is 13.3. The molecule has 1 spiro atoms. The molecule has 1 aliphatic carbocycles. The predicted molar refractivity (Wildman–Crippen MR) is 111 cm³/mol. The fraction of sp³-hybridized carbons (Fsp3) is 0.583. The molecule has 1 amide bonds. The summed E-state index contributed by atoms with van der Waals surface area (Å²) in [5, 5.41) is 0.760. The number of aryl methyl sites for hydroxylation is 1. The van der Waals surface area contributed by atoms with Gasteiger partial charge in [0.05, 0.1) is 12.0 Å². The highest BCUT2D eigenvalue weighted by Gasteiger charge is 2.42. The van der Waals surface area contributed by atoms with E-state index in [1.54, 1.807) is 0 Å². The Morgan fingerprint density at radius 1 is 1.00 bits per heavy atom. The van der Waals surface area contributed by atoms with Crippen molar-refractivity contribution in [2.24, 2.45) is 0 Å². The summed E-state index contributed by atoms with van der Waals surface area (Å²) >= 11 is 0. The fourth-order valence-electron chi connectivity index (χ4n) is 5.43. The minimum Gasteiger partial charge on any atom is -0.486 e. The molecule has 0 bridgehead atoms. The number of likely N-dealkylation sites (tertiary alicyclic amines) is 1. The smallest absolute Gasteiger partial charge is 0.289 e. The third kappa shape index (κ3) is 3.15. The molecule has 2 aliphatic heterocycles. The van der Waals surface area contributed by atoms with Crippen LogP contribution in [-0.4, -0.2) is 35.3 Å². The first kappa shape index (κ1) is 18.7. The standard InChI is InChI=1S/C24H29NO4/c1-16-20-18(28-22(16)23(27)25-13-7-4-8-14-25)9-10-19-21(20)17(26)15-24(29-19)11-5-2-3-6-12-24/h9-10H,2-8,11-15H2,1H3. The number of piperidine rings is 1. The summed E-state index contributed by atoms with van der Waals surface area (Å²) in [6, 6.07) is 3.72. The summed E-state index contributed by atoms with van der Waals surface area (Å²) in [4.78, 5) is 28.2. The van der Waals surface area contributed by atoms with Gasteiger partial charge in [-0.3, -0.25) is 9.59 Å². The van der Waals surface area contributed by atoms with E-state index in [1.807, 2.05) is 24.0 Å². The topological polar surface area (TPSA) is 59.8 Å². The predicted octanol–water partition coefficient (Wildman–Crippen LogP) is 5.43. The van der Waals surface area contributed by atoms with Crippen LogP contribution in [0.2, 0.25) is 0 Å². The van der Waals surface area contributed by atoms with Gasteiger partial charge in [0.15, 0.2) is 11.5 Å². The number of ketones is 1. The lowest BCUT2D eigenvalue weighted by Gasteiger charge is -2.37. The van der Waals surface area contributed by atoms with Crippen molar-refractivity contribution >= 4 is 22.7 Å². The molecule has 1 saturated heterocycles. The molecule has 0 N–H and O–H groups in total. The molecule has 3 aliphatic rings. The number of fused-ring (bicyclic) bond motifs is 3. The molecule has 5 heteroatoms. The monoisotopic (exact) mass is 395 g/mol. The fourth-order valence-corrected chi connectivity index (χ4v) is 5.43. The van der Waals surface area contributed by atoms with Crippen molar-refractivity contribution in [1.29, 1.82) is 0 Å². The Morgan fingerprint density at radius 2 is 1.69 bits per heavy atom. The SMILES string of the molecule is Cc1c(C(=O)N2CCCCC2)oc2ccc3c(c12)C(=O)CC1(CCCCCC1)O3. The van der Waals surface area contributed by atoms with Crippen molar-refractivity contribution < 1.29 is 18.7 Å². The van der Waals surface area contributed by atoms with Crippen LogP contribution in [0.1, 0.15) is 90.7 Å². The van der Waals surface area contributed by atoms with Gasteiger partial charge >= 0.3 is 0 Å². The number of carbonyl (C=O) groups is 2. The summed E-state index contributed by atoms with van der Waals surface area (Å²) in [6.07, 6.45) is 10.2. The largest absolute Gasteiger partial charge is 0.486 e. The van der Waals surface area contributed by atoms with Crippen LogP contribution in [0.25, 0.3) is 11.0 Å². The van der Waals surface area contributed by atoms with Gasteiger partial charge in [0.25, 0.3) is 5.91 Å². The second-order valence-electron chi connectivity index (χ2n) is 9.02. The third-order valence-corrected chi connectivity index (χ3v) is 7.00. The average molecular weight is 395 g/mol. The molecule has 1 saturated carbocycles. The van der Waals surface area contributed by atoms with E-state index < -0.39 is 0 Å². The van der Waals surface area contributed by atoms with Crippen LogP contribution in [0, 0.1) is 6.92 Å². The van der Waals surface area contributed by atoms with E-state index >= 15 is 0 Å². The molecule has 154 valence electrons. The highest BCUT2D eigenvalue weighted by atomic mass is 16.5. The highest BCUT2D eigenvalue weighted by Crippen LogP contribution is 2.45. The Hall–Kier alpha value is -2.30. The first-order valence-electron chi connectivity index (χ1n) is 11.2. The number of carbonyl (C=O) groups excluding carboxylic acids is 2. The van der Waals surface area contributed by atoms with Crippen molar-refractivity contribution in [1.82, 2.24) is 4.90 Å². The Labute approximate surface area is 171 Å². The summed E-state index contributed by atoms with van der Waals surface area (Å²) in [5.74, 6) is 1.10. The molecule has 5 nitrogen and oxygen atoms in total. The minimum absolute atomic E-state index is 0.0587. The zero-order valence-corrected chi connectivity index (χ0v) is 17.2.